The highest BCUT2D eigenvalue weighted by molar-refractivity contribution is 5.94. The number of hydrogen-bond acceptors (Lipinski definition) is 5. The molecule has 6 nitrogen and oxygen atoms in total. The number of carboxylic acid groups (broad SMARTS) is 1. The Morgan fingerprint density at radius 2 is 1.78 bits per heavy atom. The van der Waals surface area contributed by atoms with Crippen LogP contribution in [0.5, 0.6) is 0 Å². The van der Waals surface area contributed by atoms with E-state index >= 15 is 0 Å². The topological polar surface area (TPSA) is 110 Å². The van der Waals surface area contributed by atoms with Crippen LogP contribution in [0, 0.1) is 5.82 Å². The molecule has 0 radical (unpaired) electrons. The number of nitrogens with one attached hydrogen (secondary N) is 1. The number of halogens is 1. The van der Waals surface area contributed by atoms with Gasteiger partial charge in [0.25, 0.3) is 0 Å². The second-order valence-electron chi connectivity index (χ2n) is 3.87. The van der Waals surface area contributed by atoms with Gasteiger partial charge in [-0.15, -0.1) is 0 Å². The maximum Gasteiger partial charge on any atom is 0.337 e. The van der Waals surface area contributed by atoms with Crippen molar-refractivity contribution < 1.29 is 29.6 Å². The molecule has 0 aliphatic rings. The SMILES string of the molecule is O=C(O)c1cc(F)ccc1NC(CO)(CO)CO. The highest BCUT2D eigenvalue weighted by atomic mass is 19.1. The van der Waals surface area contributed by atoms with E-state index in [1.165, 1.54) is 0 Å². The van der Waals surface area contributed by atoms with Gasteiger partial charge < -0.3 is 25.7 Å². The summed E-state index contributed by atoms with van der Waals surface area (Å²) in [4.78, 5) is 10.9. The minimum absolute atomic E-state index is 0.000972. The third kappa shape index (κ3) is 2.95. The maximum absolute atomic E-state index is 12.9. The number of rotatable bonds is 6. The molecule has 0 saturated carbocycles. The molecular weight excluding hydrogens is 245 g/mol. The summed E-state index contributed by atoms with van der Waals surface area (Å²) in [6.07, 6.45) is 0. The van der Waals surface area contributed by atoms with E-state index in [1.807, 2.05) is 0 Å². The first-order valence-electron chi connectivity index (χ1n) is 5.11. The van der Waals surface area contributed by atoms with E-state index in [4.69, 9.17) is 20.4 Å². The molecule has 100 valence electrons. The van der Waals surface area contributed by atoms with E-state index < -0.39 is 37.1 Å². The van der Waals surface area contributed by atoms with Crippen LogP contribution in [0.1, 0.15) is 10.4 Å². The Morgan fingerprint density at radius 1 is 1.22 bits per heavy atom. The van der Waals surface area contributed by atoms with Crippen molar-refractivity contribution in [1.29, 1.82) is 0 Å². The van der Waals surface area contributed by atoms with Crippen LogP contribution in [0.3, 0.4) is 0 Å². The van der Waals surface area contributed by atoms with Crippen molar-refractivity contribution in [3.8, 4) is 0 Å². The van der Waals surface area contributed by atoms with E-state index in [-0.39, 0.29) is 11.3 Å². The molecule has 0 bridgehead atoms. The molecule has 18 heavy (non-hydrogen) atoms. The van der Waals surface area contributed by atoms with Crippen molar-refractivity contribution in [2.45, 2.75) is 5.54 Å². The summed E-state index contributed by atoms with van der Waals surface area (Å²) in [6.45, 7) is -1.84. The van der Waals surface area contributed by atoms with Crippen LogP contribution >= 0.6 is 0 Å². The number of hydrogen-bond donors (Lipinski definition) is 5. The Morgan fingerprint density at radius 3 is 2.22 bits per heavy atom. The summed E-state index contributed by atoms with van der Waals surface area (Å²) in [7, 11) is 0. The molecule has 0 atom stereocenters. The van der Waals surface area contributed by atoms with Crippen LogP contribution in [0.25, 0.3) is 0 Å². The smallest absolute Gasteiger partial charge is 0.337 e. The number of benzene rings is 1. The lowest BCUT2D eigenvalue weighted by Gasteiger charge is -2.30. The number of carboxylic acids is 1. The molecule has 0 spiro atoms. The first-order chi connectivity index (χ1) is 8.48. The second kappa shape index (κ2) is 5.76. The minimum Gasteiger partial charge on any atom is -0.478 e. The lowest BCUT2D eigenvalue weighted by atomic mass is 10.0. The van der Waals surface area contributed by atoms with Crippen molar-refractivity contribution in [3.05, 3.63) is 29.6 Å². The number of carbonyl (C=O) groups is 1. The van der Waals surface area contributed by atoms with Gasteiger partial charge in [0.1, 0.15) is 11.4 Å². The first kappa shape index (κ1) is 14.4. The van der Waals surface area contributed by atoms with Crippen molar-refractivity contribution in [3.63, 3.8) is 0 Å². The standard InChI is InChI=1S/C11H14FNO5/c12-7-1-2-9(8(3-7)10(17)18)13-11(4-14,5-15)6-16/h1-3,13-16H,4-6H2,(H,17,18). The molecular formula is C11H14FNO5. The fraction of sp³-hybridized carbons (Fsp3) is 0.364. The predicted molar refractivity (Wildman–Crippen MR) is 61.0 cm³/mol. The van der Waals surface area contributed by atoms with E-state index in [1.54, 1.807) is 0 Å². The average molecular weight is 259 g/mol. The number of aromatic carboxylic acids is 1. The Hall–Kier alpha value is -1.70. The Bertz CT molecular complexity index is 425. The first-order valence-corrected chi connectivity index (χ1v) is 5.11. The number of anilines is 1. The zero-order valence-electron chi connectivity index (χ0n) is 9.43. The molecule has 0 aromatic heterocycles. The van der Waals surface area contributed by atoms with Crippen LogP contribution in [-0.4, -0.2) is 51.8 Å². The van der Waals surface area contributed by atoms with E-state index in [0.717, 1.165) is 18.2 Å². The van der Waals surface area contributed by atoms with Gasteiger partial charge in [0.05, 0.1) is 25.4 Å². The highest BCUT2D eigenvalue weighted by Crippen LogP contribution is 2.21. The van der Waals surface area contributed by atoms with Gasteiger partial charge in [-0.05, 0) is 18.2 Å². The fourth-order valence-electron chi connectivity index (χ4n) is 1.36. The van der Waals surface area contributed by atoms with Crippen LogP contribution in [0.4, 0.5) is 10.1 Å². The van der Waals surface area contributed by atoms with Gasteiger partial charge in [-0.2, -0.15) is 0 Å². The van der Waals surface area contributed by atoms with E-state index in [2.05, 4.69) is 5.32 Å². The third-order valence-electron chi connectivity index (χ3n) is 2.52. The summed E-state index contributed by atoms with van der Waals surface area (Å²) in [6, 6.07) is 3.00. The minimum atomic E-state index is -1.47. The molecule has 1 aromatic carbocycles. The largest absolute Gasteiger partial charge is 0.478 e. The molecule has 1 rings (SSSR count). The maximum atomic E-state index is 12.9. The van der Waals surface area contributed by atoms with Crippen molar-refractivity contribution in [1.82, 2.24) is 0 Å². The predicted octanol–water partition coefficient (Wildman–Crippen LogP) is -0.349. The Balaban J connectivity index is 3.13. The van der Waals surface area contributed by atoms with Gasteiger partial charge in [0.15, 0.2) is 0 Å². The molecule has 0 heterocycles. The fourth-order valence-corrected chi connectivity index (χ4v) is 1.36. The summed E-state index contributed by atoms with van der Waals surface area (Å²) in [5.41, 5.74) is -1.82. The van der Waals surface area contributed by atoms with Gasteiger partial charge in [-0.1, -0.05) is 0 Å². The normalized spacial score (nSPS) is 11.3. The lowest BCUT2D eigenvalue weighted by Crippen LogP contribution is -2.49. The van der Waals surface area contributed by atoms with Gasteiger partial charge in [-0.3, -0.25) is 0 Å². The van der Waals surface area contributed by atoms with E-state index in [0.29, 0.717) is 0 Å². The van der Waals surface area contributed by atoms with Crippen molar-refractivity contribution in [2.75, 3.05) is 25.1 Å². The number of aliphatic hydroxyl groups excluding tert-OH is 3. The summed E-state index contributed by atoms with van der Waals surface area (Å²) >= 11 is 0. The van der Waals surface area contributed by atoms with Gasteiger partial charge in [0, 0.05) is 5.69 Å². The quantitative estimate of drug-likeness (QED) is 0.478. The zero-order chi connectivity index (χ0) is 13.8. The molecule has 0 saturated heterocycles. The second-order valence-corrected chi connectivity index (χ2v) is 3.87. The van der Waals surface area contributed by atoms with Crippen molar-refractivity contribution >= 4 is 11.7 Å². The zero-order valence-corrected chi connectivity index (χ0v) is 9.43. The lowest BCUT2D eigenvalue weighted by molar-refractivity contribution is 0.0691. The van der Waals surface area contributed by atoms with Crippen LogP contribution < -0.4 is 5.32 Å². The molecule has 0 amide bonds. The van der Waals surface area contributed by atoms with Crippen LogP contribution in [-0.2, 0) is 0 Å². The van der Waals surface area contributed by atoms with E-state index in [9.17, 15) is 9.18 Å². The molecule has 5 N–H and O–H groups in total. The third-order valence-corrected chi connectivity index (χ3v) is 2.52. The van der Waals surface area contributed by atoms with Crippen molar-refractivity contribution in [2.24, 2.45) is 0 Å². The number of aliphatic hydroxyl groups is 3. The summed E-state index contributed by atoms with van der Waals surface area (Å²) in [5, 5.41) is 38.8. The Kier molecular flexibility index (Phi) is 4.60. The molecule has 0 unspecified atom stereocenters. The summed E-state index contributed by atoms with van der Waals surface area (Å²) in [5.74, 6) is -2.08. The molecule has 0 aliphatic carbocycles. The molecule has 0 aliphatic heterocycles. The van der Waals surface area contributed by atoms with Gasteiger partial charge >= 0.3 is 5.97 Å². The highest BCUT2D eigenvalue weighted by Gasteiger charge is 2.29. The molecule has 1 aromatic rings. The van der Waals surface area contributed by atoms with Gasteiger partial charge in [0.2, 0.25) is 0 Å². The monoisotopic (exact) mass is 259 g/mol. The Labute approximate surface area is 102 Å². The van der Waals surface area contributed by atoms with Gasteiger partial charge in [-0.25, -0.2) is 9.18 Å². The van der Waals surface area contributed by atoms with Crippen LogP contribution in [0.15, 0.2) is 18.2 Å². The summed E-state index contributed by atoms with van der Waals surface area (Å²) < 4.78 is 12.9. The van der Waals surface area contributed by atoms with Crippen LogP contribution in [0.2, 0.25) is 0 Å². The molecule has 0 fully saturated rings. The average Bonchev–Trinajstić information content (AvgIpc) is 2.37. The molecule has 7 heteroatoms.